The summed E-state index contributed by atoms with van der Waals surface area (Å²) in [4.78, 5) is 11.8. The number of carbonyl (C=O) groups excluding carboxylic acids is 1. The van der Waals surface area contributed by atoms with Gasteiger partial charge in [-0.05, 0) is 44.2 Å². The number of aromatic amines is 1. The Morgan fingerprint density at radius 1 is 1.33 bits per heavy atom. The Bertz CT molecular complexity index is 592. The zero-order valence-corrected chi connectivity index (χ0v) is 12.3. The third-order valence-corrected chi connectivity index (χ3v) is 2.89. The molecule has 112 valence electrons. The second-order valence-electron chi connectivity index (χ2n) is 4.75. The van der Waals surface area contributed by atoms with Gasteiger partial charge in [0.05, 0.1) is 13.7 Å². The number of benzene rings is 1. The van der Waals surface area contributed by atoms with Gasteiger partial charge in [-0.2, -0.15) is 5.10 Å². The van der Waals surface area contributed by atoms with Gasteiger partial charge in [0.25, 0.3) is 5.91 Å². The quantitative estimate of drug-likeness (QED) is 0.852. The predicted octanol–water partition coefficient (Wildman–Crippen LogP) is 1.92. The highest BCUT2D eigenvalue weighted by atomic mass is 16.5. The van der Waals surface area contributed by atoms with Crippen LogP contribution >= 0.6 is 0 Å². The number of hydrogen-bond donors (Lipinski definition) is 2. The van der Waals surface area contributed by atoms with Gasteiger partial charge in [-0.3, -0.25) is 9.89 Å². The Labute approximate surface area is 123 Å². The first-order valence-corrected chi connectivity index (χ1v) is 6.69. The van der Waals surface area contributed by atoms with Crippen LogP contribution in [0.2, 0.25) is 0 Å². The molecule has 0 saturated heterocycles. The predicted molar refractivity (Wildman–Crippen MR) is 78.7 cm³/mol. The summed E-state index contributed by atoms with van der Waals surface area (Å²) in [6, 6.07) is 9.01. The van der Waals surface area contributed by atoms with Gasteiger partial charge in [0.1, 0.15) is 23.3 Å². The average molecular weight is 289 g/mol. The minimum atomic E-state index is -0.218. The molecule has 0 radical (unpaired) electrons. The lowest BCUT2D eigenvalue weighted by atomic mass is 10.3. The number of aromatic nitrogens is 2. The van der Waals surface area contributed by atoms with Gasteiger partial charge in [0.15, 0.2) is 0 Å². The number of rotatable bonds is 6. The summed E-state index contributed by atoms with van der Waals surface area (Å²) in [5.74, 6) is 1.29. The molecular formula is C15H19N3O3. The molecule has 6 heteroatoms. The van der Waals surface area contributed by atoms with Gasteiger partial charge in [-0.25, -0.2) is 0 Å². The summed E-state index contributed by atoms with van der Waals surface area (Å²) >= 11 is 0. The van der Waals surface area contributed by atoms with Crippen molar-refractivity contribution in [1.82, 2.24) is 15.5 Å². The van der Waals surface area contributed by atoms with Crippen molar-refractivity contribution in [1.29, 1.82) is 0 Å². The summed E-state index contributed by atoms with van der Waals surface area (Å²) in [7, 11) is 1.62. The van der Waals surface area contributed by atoms with Crippen molar-refractivity contribution in [2.75, 3.05) is 13.7 Å². The molecule has 1 aromatic carbocycles. The van der Waals surface area contributed by atoms with Crippen molar-refractivity contribution >= 4 is 5.91 Å². The molecule has 0 aliphatic heterocycles. The SMILES string of the molecule is COc1ccc(OC(C)CNC(=O)c2cc(C)[nH]n2)cc1. The van der Waals surface area contributed by atoms with Gasteiger partial charge < -0.3 is 14.8 Å². The number of nitrogens with zero attached hydrogens (tertiary/aromatic N) is 1. The Hall–Kier alpha value is -2.50. The molecule has 21 heavy (non-hydrogen) atoms. The van der Waals surface area contributed by atoms with E-state index >= 15 is 0 Å². The van der Waals surface area contributed by atoms with Crippen LogP contribution in [-0.4, -0.2) is 35.9 Å². The van der Waals surface area contributed by atoms with Crippen LogP contribution in [0.15, 0.2) is 30.3 Å². The largest absolute Gasteiger partial charge is 0.497 e. The number of methoxy groups -OCH3 is 1. The molecule has 0 saturated carbocycles. The maximum Gasteiger partial charge on any atom is 0.271 e. The van der Waals surface area contributed by atoms with Crippen LogP contribution < -0.4 is 14.8 Å². The van der Waals surface area contributed by atoms with Crippen molar-refractivity contribution < 1.29 is 14.3 Å². The normalized spacial score (nSPS) is 11.8. The summed E-state index contributed by atoms with van der Waals surface area (Å²) in [5.41, 5.74) is 1.23. The molecule has 1 aromatic heterocycles. The van der Waals surface area contributed by atoms with Crippen LogP contribution in [-0.2, 0) is 0 Å². The molecule has 0 fully saturated rings. The van der Waals surface area contributed by atoms with Crippen LogP contribution in [0, 0.1) is 6.92 Å². The van der Waals surface area contributed by atoms with E-state index in [1.165, 1.54) is 0 Å². The first-order valence-electron chi connectivity index (χ1n) is 6.69. The number of amides is 1. The first-order chi connectivity index (χ1) is 10.1. The maximum absolute atomic E-state index is 11.8. The summed E-state index contributed by atoms with van der Waals surface area (Å²) in [6.07, 6.45) is -0.151. The molecule has 0 spiro atoms. The van der Waals surface area contributed by atoms with E-state index in [1.54, 1.807) is 13.2 Å². The maximum atomic E-state index is 11.8. The first kappa shape index (κ1) is 14.9. The summed E-state index contributed by atoms with van der Waals surface area (Å²) in [6.45, 7) is 4.14. The monoisotopic (exact) mass is 289 g/mol. The molecule has 2 aromatic rings. The van der Waals surface area contributed by atoms with Gasteiger partial charge in [-0.1, -0.05) is 0 Å². The molecular weight excluding hydrogens is 270 g/mol. The van der Waals surface area contributed by atoms with Gasteiger partial charge in [-0.15, -0.1) is 0 Å². The lowest BCUT2D eigenvalue weighted by Crippen LogP contribution is -2.33. The number of H-pyrrole nitrogens is 1. The van der Waals surface area contributed by atoms with Crippen molar-refractivity contribution in [2.45, 2.75) is 20.0 Å². The van der Waals surface area contributed by atoms with Crippen molar-refractivity contribution in [3.8, 4) is 11.5 Å². The topological polar surface area (TPSA) is 76.2 Å². The van der Waals surface area contributed by atoms with Crippen LogP contribution in [0.5, 0.6) is 11.5 Å². The Kier molecular flexibility index (Phi) is 4.81. The van der Waals surface area contributed by atoms with E-state index in [9.17, 15) is 4.79 Å². The van der Waals surface area contributed by atoms with E-state index in [4.69, 9.17) is 9.47 Å². The lowest BCUT2D eigenvalue weighted by molar-refractivity contribution is 0.0927. The van der Waals surface area contributed by atoms with E-state index in [0.29, 0.717) is 12.2 Å². The fraction of sp³-hybridized carbons (Fsp3) is 0.333. The van der Waals surface area contributed by atoms with Crippen molar-refractivity contribution in [3.63, 3.8) is 0 Å². The average Bonchev–Trinajstić information content (AvgIpc) is 2.92. The van der Waals surface area contributed by atoms with E-state index < -0.39 is 0 Å². The van der Waals surface area contributed by atoms with Gasteiger partial charge >= 0.3 is 0 Å². The highest BCUT2D eigenvalue weighted by molar-refractivity contribution is 5.92. The van der Waals surface area contributed by atoms with Crippen LogP contribution in [0.4, 0.5) is 0 Å². The Morgan fingerprint density at radius 2 is 2.00 bits per heavy atom. The Balaban J connectivity index is 1.81. The molecule has 1 atom stereocenters. The second-order valence-corrected chi connectivity index (χ2v) is 4.75. The van der Waals surface area contributed by atoms with Crippen LogP contribution in [0.1, 0.15) is 23.1 Å². The van der Waals surface area contributed by atoms with Gasteiger partial charge in [0.2, 0.25) is 0 Å². The van der Waals surface area contributed by atoms with Gasteiger partial charge in [0, 0.05) is 5.69 Å². The zero-order chi connectivity index (χ0) is 15.2. The molecule has 0 bridgehead atoms. The van der Waals surface area contributed by atoms with E-state index in [-0.39, 0.29) is 12.0 Å². The smallest absolute Gasteiger partial charge is 0.271 e. The number of hydrogen-bond acceptors (Lipinski definition) is 4. The van der Waals surface area contributed by atoms with E-state index in [2.05, 4.69) is 15.5 Å². The minimum absolute atomic E-state index is 0.151. The fourth-order valence-corrected chi connectivity index (χ4v) is 1.79. The summed E-state index contributed by atoms with van der Waals surface area (Å²) < 4.78 is 10.8. The molecule has 2 rings (SSSR count). The van der Waals surface area contributed by atoms with Crippen molar-refractivity contribution in [3.05, 3.63) is 41.7 Å². The fourth-order valence-electron chi connectivity index (χ4n) is 1.79. The molecule has 0 aliphatic rings. The number of ether oxygens (including phenoxy) is 2. The molecule has 1 heterocycles. The third kappa shape index (κ3) is 4.24. The third-order valence-electron chi connectivity index (χ3n) is 2.89. The van der Waals surface area contributed by atoms with E-state index in [0.717, 1.165) is 17.2 Å². The molecule has 0 aliphatic carbocycles. The standard InChI is InChI=1S/C15H19N3O3/c1-10-8-14(18-17-10)15(19)16-9-11(2)21-13-6-4-12(20-3)5-7-13/h4-8,11H,9H2,1-3H3,(H,16,19)(H,17,18). The number of carbonyl (C=O) groups is 1. The minimum Gasteiger partial charge on any atom is -0.497 e. The van der Waals surface area contributed by atoms with Crippen LogP contribution in [0.3, 0.4) is 0 Å². The second kappa shape index (κ2) is 6.78. The van der Waals surface area contributed by atoms with E-state index in [1.807, 2.05) is 38.1 Å². The molecule has 1 amide bonds. The van der Waals surface area contributed by atoms with Crippen molar-refractivity contribution in [2.24, 2.45) is 0 Å². The number of aryl methyl sites for hydroxylation is 1. The molecule has 6 nitrogen and oxygen atoms in total. The highest BCUT2D eigenvalue weighted by Crippen LogP contribution is 2.17. The summed E-state index contributed by atoms with van der Waals surface area (Å²) in [5, 5.41) is 9.42. The molecule has 1 unspecified atom stereocenters. The highest BCUT2D eigenvalue weighted by Gasteiger charge is 2.11. The zero-order valence-electron chi connectivity index (χ0n) is 12.3. The number of nitrogens with one attached hydrogen (secondary N) is 2. The lowest BCUT2D eigenvalue weighted by Gasteiger charge is -2.15. The molecule has 2 N–H and O–H groups in total. The van der Waals surface area contributed by atoms with Crippen LogP contribution in [0.25, 0.3) is 0 Å². The Morgan fingerprint density at radius 3 is 2.57 bits per heavy atom.